The Morgan fingerprint density at radius 2 is 1.63 bits per heavy atom. The number of hydrogen-bond acceptors (Lipinski definition) is 6. The van der Waals surface area contributed by atoms with E-state index in [1.165, 1.54) is 12.4 Å². The molecule has 0 saturated carbocycles. The molecule has 1 fully saturated rings. The number of likely N-dealkylation sites (N-methyl/N-ethyl adjacent to an activating group) is 1. The van der Waals surface area contributed by atoms with Gasteiger partial charge in [-0.25, -0.2) is 9.37 Å². The second kappa shape index (κ2) is 12.2. The van der Waals surface area contributed by atoms with Crippen LogP contribution in [0.25, 0.3) is 0 Å². The predicted molar refractivity (Wildman–Crippen MR) is 143 cm³/mol. The Morgan fingerprint density at radius 3 is 2.26 bits per heavy atom. The van der Waals surface area contributed by atoms with Crippen LogP contribution in [-0.2, 0) is 0 Å². The first-order valence-corrected chi connectivity index (χ1v) is 12.5. The van der Waals surface area contributed by atoms with Gasteiger partial charge >= 0.3 is 0 Å². The number of piperazine rings is 1. The van der Waals surface area contributed by atoms with Crippen LogP contribution < -0.4 is 16.0 Å². The number of nitrogens with one attached hydrogen (secondary N) is 4. The molecule has 200 valence electrons. The summed E-state index contributed by atoms with van der Waals surface area (Å²) in [4.78, 5) is 49.4. The van der Waals surface area contributed by atoms with E-state index in [9.17, 15) is 18.8 Å². The lowest BCUT2D eigenvalue weighted by molar-refractivity contribution is 0.0891. The quantitative estimate of drug-likeness (QED) is 0.348. The highest BCUT2D eigenvalue weighted by atomic mass is 35.5. The summed E-state index contributed by atoms with van der Waals surface area (Å²) in [6.07, 6.45) is 1.30. The molecule has 4 rings (SSSR count). The fourth-order valence-electron chi connectivity index (χ4n) is 4.06. The molecule has 2 heterocycles. The summed E-state index contributed by atoms with van der Waals surface area (Å²) in [5, 5.41) is 8.24. The normalized spacial score (nSPS) is 15.1. The lowest BCUT2D eigenvalue weighted by atomic mass is 10.2. The Balaban J connectivity index is 1.32. The van der Waals surface area contributed by atoms with Gasteiger partial charge in [0, 0.05) is 50.1 Å². The number of halogens is 2. The maximum absolute atomic E-state index is 13.2. The van der Waals surface area contributed by atoms with E-state index in [2.05, 4.69) is 49.7 Å². The van der Waals surface area contributed by atoms with E-state index in [0.717, 1.165) is 38.3 Å². The number of amides is 3. The van der Waals surface area contributed by atoms with Crippen molar-refractivity contribution in [1.82, 2.24) is 25.1 Å². The summed E-state index contributed by atoms with van der Waals surface area (Å²) in [7, 11) is 2.09. The summed E-state index contributed by atoms with van der Waals surface area (Å²) in [5.74, 6) is -2.00. The number of benzene rings is 2. The Kier molecular flexibility index (Phi) is 8.72. The van der Waals surface area contributed by atoms with Crippen LogP contribution in [-0.4, -0.2) is 83.3 Å². The molecule has 3 aromatic rings. The SMILES string of the molecule is CC(CNC(=O)c1[nH]cnc1C(=O)Nc1ccc(NC(=O)c2ccc(F)cc2Cl)cc1)N1CCN(C)CC1. The molecule has 4 N–H and O–H groups in total. The van der Waals surface area contributed by atoms with Crippen LogP contribution in [0.5, 0.6) is 0 Å². The lowest BCUT2D eigenvalue weighted by Crippen LogP contribution is -2.51. The molecule has 10 nitrogen and oxygen atoms in total. The number of carbonyl (C=O) groups is 3. The van der Waals surface area contributed by atoms with Crippen LogP contribution in [0.1, 0.15) is 38.3 Å². The van der Waals surface area contributed by atoms with Crippen LogP contribution in [0.3, 0.4) is 0 Å². The van der Waals surface area contributed by atoms with Crippen molar-refractivity contribution in [3.63, 3.8) is 0 Å². The molecule has 38 heavy (non-hydrogen) atoms. The maximum atomic E-state index is 13.2. The molecule has 0 bridgehead atoms. The number of aromatic amines is 1. The summed E-state index contributed by atoms with van der Waals surface area (Å²) in [6, 6.07) is 10.0. The third kappa shape index (κ3) is 6.74. The zero-order valence-corrected chi connectivity index (χ0v) is 21.8. The van der Waals surface area contributed by atoms with Gasteiger partial charge in [0.15, 0.2) is 5.69 Å². The Hall–Kier alpha value is -3.80. The Labute approximate surface area is 224 Å². The molecule has 0 aliphatic carbocycles. The smallest absolute Gasteiger partial charge is 0.276 e. The number of imidazole rings is 1. The number of aromatic nitrogens is 2. The van der Waals surface area contributed by atoms with E-state index in [1.54, 1.807) is 24.3 Å². The van der Waals surface area contributed by atoms with Gasteiger partial charge in [-0.2, -0.15) is 0 Å². The van der Waals surface area contributed by atoms with Crippen LogP contribution in [0, 0.1) is 5.82 Å². The van der Waals surface area contributed by atoms with E-state index in [4.69, 9.17) is 11.6 Å². The van der Waals surface area contributed by atoms with Crippen LogP contribution in [0.15, 0.2) is 48.8 Å². The van der Waals surface area contributed by atoms with Crippen molar-refractivity contribution in [3.05, 3.63) is 76.6 Å². The van der Waals surface area contributed by atoms with Crippen molar-refractivity contribution in [2.45, 2.75) is 13.0 Å². The van der Waals surface area contributed by atoms with Gasteiger partial charge in [0.1, 0.15) is 11.5 Å². The minimum Gasteiger partial charge on any atom is -0.349 e. The van der Waals surface area contributed by atoms with Crippen molar-refractivity contribution in [2.75, 3.05) is 50.4 Å². The third-order valence-corrected chi connectivity index (χ3v) is 6.69. The average Bonchev–Trinajstić information content (AvgIpc) is 3.39. The van der Waals surface area contributed by atoms with Crippen molar-refractivity contribution < 1.29 is 18.8 Å². The van der Waals surface area contributed by atoms with E-state index in [-0.39, 0.29) is 28.0 Å². The highest BCUT2D eigenvalue weighted by Gasteiger charge is 2.23. The van der Waals surface area contributed by atoms with Gasteiger partial charge in [-0.1, -0.05) is 11.6 Å². The molecular weight excluding hydrogens is 513 g/mol. The van der Waals surface area contributed by atoms with E-state index in [1.807, 2.05) is 0 Å². The fraction of sp³-hybridized carbons (Fsp3) is 0.308. The molecule has 2 aromatic carbocycles. The van der Waals surface area contributed by atoms with Gasteiger partial charge in [0.25, 0.3) is 17.7 Å². The summed E-state index contributed by atoms with van der Waals surface area (Å²) in [5.41, 5.74) is 1.06. The zero-order valence-electron chi connectivity index (χ0n) is 21.1. The second-order valence-electron chi connectivity index (χ2n) is 9.13. The molecular formula is C26H29ClFN7O3. The number of H-pyrrole nitrogens is 1. The first kappa shape index (κ1) is 27.2. The molecule has 1 aliphatic rings. The molecule has 1 aliphatic heterocycles. The zero-order chi connectivity index (χ0) is 27.2. The first-order valence-electron chi connectivity index (χ1n) is 12.1. The van der Waals surface area contributed by atoms with Gasteiger partial charge in [-0.3, -0.25) is 19.3 Å². The van der Waals surface area contributed by atoms with Crippen LogP contribution >= 0.6 is 11.6 Å². The van der Waals surface area contributed by atoms with Crippen molar-refractivity contribution in [1.29, 1.82) is 0 Å². The highest BCUT2D eigenvalue weighted by Crippen LogP contribution is 2.20. The maximum Gasteiger partial charge on any atom is 0.276 e. The van der Waals surface area contributed by atoms with Crippen molar-refractivity contribution in [2.24, 2.45) is 0 Å². The van der Waals surface area contributed by atoms with Gasteiger partial charge in [-0.05, 0) is 56.4 Å². The largest absolute Gasteiger partial charge is 0.349 e. The molecule has 0 radical (unpaired) electrons. The summed E-state index contributed by atoms with van der Waals surface area (Å²) in [6.45, 7) is 6.35. The van der Waals surface area contributed by atoms with Crippen LogP contribution in [0.2, 0.25) is 5.02 Å². The Bertz CT molecular complexity index is 1310. The Morgan fingerprint density at radius 1 is 1.00 bits per heavy atom. The van der Waals surface area contributed by atoms with E-state index < -0.39 is 23.5 Å². The molecule has 1 atom stereocenters. The van der Waals surface area contributed by atoms with Gasteiger partial charge in [0.2, 0.25) is 0 Å². The topological polar surface area (TPSA) is 122 Å². The summed E-state index contributed by atoms with van der Waals surface area (Å²) >= 11 is 5.94. The van der Waals surface area contributed by atoms with Crippen LogP contribution in [0.4, 0.5) is 15.8 Å². The number of nitrogens with zero attached hydrogens (tertiary/aromatic N) is 3. The predicted octanol–water partition coefficient (Wildman–Crippen LogP) is 3.07. The molecule has 1 saturated heterocycles. The number of carbonyl (C=O) groups excluding carboxylic acids is 3. The molecule has 12 heteroatoms. The second-order valence-corrected chi connectivity index (χ2v) is 9.54. The van der Waals surface area contributed by atoms with Crippen molar-refractivity contribution in [3.8, 4) is 0 Å². The molecule has 1 unspecified atom stereocenters. The highest BCUT2D eigenvalue weighted by molar-refractivity contribution is 6.34. The minimum atomic E-state index is -0.557. The number of anilines is 2. The summed E-state index contributed by atoms with van der Waals surface area (Å²) < 4.78 is 13.2. The first-order chi connectivity index (χ1) is 18.2. The fourth-order valence-corrected chi connectivity index (χ4v) is 4.31. The third-order valence-electron chi connectivity index (χ3n) is 6.38. The number of hydrogen-bond donors (Lipinski definition) is 4. The van der Waals surface area contributed by atoms with Gasteiger partial charge in [-0.15, -0.1) is 0 Å². The average molecular weight is 542 g/mol. The standard InChI is InChI=1S/C26H29ClFN7O3/c1-16(35-11-9-34(2)10-12-35)14-29-25(37)22-23(31-15-30-22)26(38)33-19-6-4-18(5-7-19)32-24(36)20-8-3-17(28)13-21(20)27/h3-8,13,15-16H,9-12,14H2,1-2H3,(H,29,37)(H,30,31)(H,32,36)(H,33,38). The monoisotopic (exact) mass is 541 g/mol. The van der Waals surface area contributed by atoms with E-state index >= 15 is 0 Å². The minimum absolute atomic E-state index is 0.000914. The molecule has 0 spiro atoms. The van der Waals surface area contributed by atoms with Gasteiger partial charge in [0.05, 0.1) is 16.9 Å². The molecule has 3 amide bonds. The van der Waals surface area contributed by atoms with Gasteiger partial charge < -0.3 is 25.8 Å². The molecule has 1 aromatic heterocycles. The van der Waals surface area contributed by atoms with Crippen molar-refractivity contribution >= 4 is 40.7 Å². The lowest BCUT2D eigenvalue weighted by Gasteiger charge is -2.36. The number of rotatable bonds is 8. The van der Waals surface area contributed by atoms with E-state index in [0.29, 0.717) is 17.9 Å².